The second-order valence-corrected chi connectivity index (χ2v) is 9.52. The van der Waals surface area contributed by atoms with Gasteiger partial charge >= 0.3 is 15.6 Å². The number of carbonyl (C=O) groups is 1. The zero-order chi connectivity index (χ0) is 24.7. The van der Waals surface area contributed by atoms with Crippen molar-refractivity contribution in [3.63, 3.8) is 0 Å². The summed E-state index contributed by atoms with van der Waals surface area (Å²) in [6.07, 6.45) is 4.08. The molecule has 1 saturated carbocycles. The Morgan fingerprint density at radius 3 is 2.36 bits per heavy atom. The lowest BCUT2D eigenvalue weighted by Gasteiger charge is -2.30. The van der Waals surface area contributed by atoms with E-state index in [0.29, 0.717) is 24.2 Å². The van der Waals surface area contributed by atoms with Gasteiger partial charge in [0.2, 0.25) is 5.88 Å². The van der Waals surface area contributed by atoms with Crippen molar-refractivity contribution < 1.29 is 30.6 Å². The van der Waals surface area contributed by atoms with Crippen molar-refractivity contribution in [1.82, 2.24) is 24.5 Å². The Labute approximate surface area is 190 Å². The lowest BCUT2D eigenvalue weighted by atomic mass is 10.0. The Morgan fingerprint density at radius 2 is 1.88 bits per heavy atom. The predicted octanol–water partition coefficient (Wildman–Crippen LogP) is 3.44. The van der Waals surface area contributed by atoms with E-state index in [1.54, 1.807) is 30.5 Å². The van der Waals surface area contributed by atoms with Crippen LogP contribution in [0, 0.1) is 0 Å². The number of hydrogen-bond donors (Lipinski definition) is 0. The number of nitrogens with zero attached hydrogens (tertiary/aromatic N) is 5. The van der Waals surface area contributed by atoms with Crippen LogP contribution in [0.4, 0.5) is 13.2 Å². The average molecular weight is 492 g/mol. The zero-order valence-corrected chi connectivity index (χ0v) is 20.0. The maximum atomic E-state index is 13.5. The zero-order valence-electron chi connectivity index (χ0n) is 19.2. The fraction of sp³-hybridized carbons (Fsp3) is 0.650. The second-order valence-electron chi connectivity index (χ2n) is 7.99. The van der Waals surface area contributed by atoms with Gasteiger partial charge in [0.25, 0.3) is 5.91 Å². The lowest BCUT2D eigenvalue weighted by Crippen LogP contribution is -2.35. The molecule has 1 amide bonds. The molecule has 0 spiro atoms. The van der Waals surface area contributed by atoms with Crippen molar-refractivity contribution in [2.24, 2.45) is 14.1 Å². The molecule has 13 heteroatoms. The number of carbonyl (C=O) groups excluding carboxylic acids is 1. The Bertz CT molecular complexity index is 1140. The monoisotopic (exact) mass is 491 g/mol. The molecule has 0 radical (unpaired) electrons. The topological polar surface area (TPSA) is 99.3 Å². The van der Waals surface area contributed by atoms with Crippen molar-refractivity contribution >= 4 is 16.0 Å². The quantitative estimate of drug-likeness (QED) is 0.394. The number of aryl methyl sites for hydroxylation is 2. The van der Waals surface area contributed by atoms with Crippen molar-refractivity contribution in [3.05, 3.63) is 28.7 Å². The molecule has 9 nitrogen and oxygen atoms in total. The van der Waals surface area contributed by atoms with Crippen molar-refractivity contribution in [2.75, 3.05) is 6.54 Å². The SMILES string of the molecule is CCc1c(C(CC)N(CC)C(=O)c2cnn(C)c2C2CC2)nn(C)c1OS(=O)(=O)C(F)(F)F. The van der Waals surface area contributed by atoms with Gasteiger partial charge in [0.05, 0.1) is 29.2 Å². The molecule has 2 aromatic heterocycles. The molecule has 0 aliphatic heterocycles. The molecular formula is C20H28F3N5O4S. The van der Waals surface area contributed by atoms with Gasteiger partial charge in [0.15, 0.2) is 0 Å². The van der Waals surface area contributed by atoms with E-state index in [4.69, 9.17) is 0 Å². The second kappa shape index (κ2) is 8.99. The van der Waals surface area contributed by atoms with E-state index in [9.17, 15) is 26.4 Å². The fourth-order valence-corrected chi connectivity index (χ4v) is 4.61. The molecule has 1 fully saturated rings. The highest BCUT2D eigenvalue weighted by molar-refractivity contribution is 7.87. The molecule has 33 heavy (non-hydrogen) atoms. The van der Waals surface area contributed by atoms with Gasteiger partial charge in [-0.25, -0.2) is 4.68 Å². The van der Waals surface area contributed by atoms with Crippen molar-refractivity contribution in [3.8, 4) is 5.88 Å². The van der Waals surface area contributed by atoms with Crippen LogP contribution >= 0.6 is 0 Å². The van der Waals surface area contributed by atoms with E-state index >= 15 is 0 Å². The normalized spacial score (nSPS) is 15.5. The Morgan fingerprint density at radius 1 is 1.24 bits per heavy atom. The maximum absolute atomic E-state index is 13.5. The van der Waals surface area contributed by atoms with Crippen LogP contribution in [0.25, 0.3) is 0 Å². The van der Waals surface area contributed by atoms with Gasteiger partial charge in [-0.15, -0.1) is 0 Å². The van der Waals surface area contributed by atoms with Crippen LogP contribution in [-0.4, -0.2) is 50.8 Å². The van der Waals surface area contributed by atoms with Gasteiger partial charge in [0, 0.05) is 32.1 Å². The number of amides is 1. The highest BCUT2D eigenvalue weighted by Gasteiger charge is 2.49. The summed E-state index contributed by atoms with van der Waals surface area (Å²) in [6, 6.07) is -0.596. The van der Waals surface area contributed by atoms with Crippen LogP contribution in [0.3, 0.4) is 0 Å². The van der Waals surface area contributed by atoms with E-state index in [1.165, 1.54) is 13.2 Å². The molecule has 1 atom stereocenters. The minimum absolute atomic E-state index is 0.161. The summed E-state index contributed by atoms with van der Waals surface area (Å²) in [4.78, 5) is 15.1. The van der Waals surface area contributed by atoms with Crippen LogP contribution in [-0.2, 0) is 30.6 Å². The van der Waals surface area contributed by atoms with E-state index in [-0.39, 0.29) is 23.8 Å². The molecule has 2 aromatic rings. The van der Waals surface area contributed by atoms with Gasteiger partial charge in [-0.2, -0.15) is 31.8 Å². The minimum atomic E-state index is -5.87. The summed E-state index contributed by atoms with van der Waals surface area (Å²) >= 11 is 0. The van der Waals surface area contributed by atoms with Gasteiger partial charge in [-0.05, 0) is 32.6 Å². The number of rotatable bonds is 9. The summed E-state index contributed by atoms with van der Waals surface area (Å²) in [6.45, 7) is 5.60. The van der Waals surface area contributed by atoms with Crippen LogP contribution in [0.2, 0.25) is 0 Å². The first-order valence-corrected chi connectivity index (χ1v) is 12.2. The number of halogens is 3. The smallest absolute Gasteiger partial charge is 0.355 e. The van der Waals surface area contributed by atoms with Gasteiger partial charge < -0.3 is 9.08 Å². The molecule has 2 heterocycles. The Balaban J connectivity index is 2.02. The lowest BCUT2D eigenvalue weighted by molar-refractivity contribution is -0.0502. The number of alkyl halides is 3. The van der Waals surface area contributed by atoms with E-state index < -0.39 is 27.5 Å². The van der Waals surface area contributed by atoms with Crippen LogP contribution in [0.15, 0.2) is 6.20 Å². The van der Waals surface area contributed by atoms with E-state index in [0.717, 1.165) is 23.2 Å². The third-order valence-corrected chi connectivity index (χ3v) is 6.75. The fourth-order valence-electron chi connectivity index (χ4n) is 4.10. The standard InChI is InChI=1S/C20H28F3N5O4S/c1-6-13-16(25-27(5)19(13)32-33(30,31)20(21,22)23)15(7-2)28(8-3)18(29)14-11-24-26(4)17(14)12-9-10-12/h11-12,15H,6-10H2,1-5H3. The summed E-state index contributed by atoms with van der Waals surface area (Å²) in [7, 11) is -2.77. The Hall–Kier alpha value is -2.57. The summed E-state index contributed by atoms with van der Waals surface area (Å²) < 4.78 is 69.1. The van der Waals surface area contributed by atoms with Crippen LogP contribution < -0.4 is 4.18 Å². The summed E-state index contributed by atoms with van der Waals surface area (Å²) in [5.74, 6) is -0.479. The molecule has 1 aliphatic rings. The minimum Gasteiger partial charge on any atom is -0.355 e. The molecule has 0 N–H and O–H groups in total. The van der Waals surface area contributed by atoms with Gasteiger partial charge in [0.1, 0.15) is 0 Å². The first-order valence-electron chi connectivity index (χ1n) is 10.8. The molecule has 0 bridgehead atoms. The van der Waals surface area contributed by atoms with Crippen LogP contribution in [0.1, 0.15) is 79.3 Å². The van der Waals surface area contributed by atoms with Gasteiger partial charge in [-0.1, -0.05) is 13.8 Å². The molecule has 0 saturated heterocycles. The summed E-state index contributed by atoms with van der Waals surface area (Å²) in [5, 5.41) is 8.53. The first kappa shape index (κ1) is 25.1. The third-order valence-electron chi connectivity index (χ3n) is 5.80. The highest BCUT2D eigenvalue weighted by Crippen LogP contribution is 2.42. The molecular weight excluding hydrogens is 463 g/mol. The maximum Gasteiger partial charge on any atom is 0.534 e. The number of aromatic nitrogens is 4. The van der Waals surface area contributed by atoms with Gasteiger partial charge in [-0.3, -0.25) is 9.48 Å². The van der Waals surface area contributed by atoms with Crippen LogP contribution in [0.5, 0.6) is 5.88 Å². The Kier molecular flexibility index (Phi) is 6.83. The predicted molar refractivity (Wildman–Crippen MR) is 113 cm³/mol. The van der Waals surface area contributed by atoms with E-state index in [1.807, 2.05) is 6.92 Å². The molecule has 0 aromatic carbocycles. The van der Waals surface area contributed by atoms with Crippen molar-refractivity contribution in [2.45, 2.75) is 63.9 Å². The molecule has 1 unspecified atom stereocenters. The molecule has 184 valence electrons. The average Bonchev–Trinajstić information content (AvgIpc) is 3.43. The van der Waals surface area contributed by atoms with Crippen molar-refractivity contribution in [1.29, 1.82) is 0 Å². The first-order chi connectivity index (χ1) is 15.4. The highest BCUT2D eigenvalue weighted by atomic mass is 32.2. The largest absolute Gasteiger partial charge is 0.534 e. The molecule has 1 aliphatic carbocycles. The molecule has 3 rings (SSSR count). The third kappa shape index (κ3) is 4.59. The van der Waals surface area contributed by atoms with E-state index in [2.05, 4.69) is 14.4 Å². The summed E-state index contributed by atoms with van der Waals surface area (Å²) in [5.41, 5.74) is -3.70. The number of hydrogen-bond acceptors (Lipinski definition) is 6.